The van der Waals surface area contributed by atoms with Gasteiger partial charge in [-0.2, -0.15) is 31.1 Å². The molecular formula is C13H19F3N2OS2. The fraction of sp³-hybridized carbons (Fsp3) is 0.538. The van der Waals surface area contributed by atoms with Gasteiger partial charge in [0.05, 0.1) is 16.7 Å². The van der Waals surface area contributed by atoms with E-state index in [1.54, 1.807) is 27.7 Å². The van der Waals surface area contributed by atoms with Crippen LogP contribution < -0.4 is 0 Å². The minimum Gasteiger partial charge on any atom is -0.242 e. The van der Waals surface area contributed by atoms with Crippen LogP contribution in [0.15, 0.2) is 16.5 Å². The van der Waals surface area contributed by atoms with Gasteiger partial charge in [-0.15, -0.1) is 0 Å². The molecule has 0 radical (unpaired) electrons. The Hall–Kier alpha value is -0.890. The Kier molecular flexibility index (Phi) is 7.08. The third-order valence-corrected chi connectivity index (χ3v) is 3.75. The lowest BCUT2D eigenvalue weighted by atomic mass is 10.1. The molecule has 0 spiro atoms. The molecule has 8 heteroatoms. The van der Waals surface area contributed by atoms with Gasteiger partial charge in [0.25, 0.3) is 0 Å². The van der Waals surface area contributed by atoms with Gasteiger partial charge in [0, 0.05) is 0 Å². The van der Waals surface area contributed by atoms with Crippen LogP contribution in [0, 0.1) is 0 Å². The largest absolute Gasteiger partial charge is 0.433 e. The summed E-state index contributed by atoms with van der Waals surface area (Å²) in [5.74, 6) is 0. The first-order valence-corrected chi connectivity index (χ1v) is 7.19. The van der Waals surface area contributed by atoms with E-state index in [4.69, 9.17) is 0 Å². The maximum absolute atomic E-state index is 12.7. The number of aryl methyl sites for hydroxylation is 1. The molecule has 0 aliphatic carbocycles. The molecule has 1 aromatic rings. The van der Waals surface area contributed by atoms with Crippen molar-refractivity contribution < 1.29 is 17.4 Å². The Morgan fingerprint density at radius 3 is 2.29 bits per heavy atom. The lowest BCUT2D eigenvalue weighted by molar-refractivity contribution is -0.141. The van der Waals surface area contributed by atoms with Crippen LogP contribution in [-0.2, 0) is 23.6 Å². The van der Waals surface area contributed by atoms with Crippen LogP contribution in [0.4, 0.5) is 13.2 Å². The molecule has 120 valence electrons. The Bertz CT molecular complexity index is 537. The van der Waals surface area contributed by atoms with Gasteiger partial charge in [0.1, 0.15) is 16.7 Å². The number of hydrogen-bond acceptors (Lipinski definition) is 2. The second-order valence-corrected chi connectivity index (χ2v) is 7.17. The smallest absolute Gasteiger partial charge is 0.242 e. The minimum atomic E-state index is -4.50. The van der Waals surface area contributed by atoms with Gasteiger partial charge in [0.2, 0.25) is 0 Å². The number of nitrogens with zero attached hydrogens (tertiary/aromatic N) is 2. The van der Waals surface area contributed by atoms with E-state index in [9.17, 15) is 17.4 Å². The fourth-order valence-electron chi connectivity index (χ4n) is 1.29. The van der Waals surface area contributed by atoms with E-state index in [0.717, 1.165) is 12.3 Å². The molecule has 3 nitrogen and oxygen atoms in total. The van der Waals surface area contributed by atoms with Crippen LogP contribution in [0.5, 0.6) is 0 Å². The molecular weight excluding hydrogens is 321 g/mol. The molecule has 0 aromatic carbocycles. The molecule has 1 aromatic heterocycles. The van der Waals surface area contributed by atoms with E-state index >= 15 is 0 Å². The Labute approximate surface area is 132 Å². The van der Waals surface area contributed by atoms with Crippen molar-refractivity contribution in [3.8, 4) is 0 Å². The van der Waals surface area contributed by atoms with Crippen LogP contribution in [-0.4, -0.2) is 20.2 Å². The highest BCUT2D eigenvalue weighted by Crippen LogP contribution is 2.28. The molecule has 0 saturated heterocycles. The molecule has 1 rings (SSSR count). The highest BCUT2D eigenvalue weighted by molar-refractivity contribution is 7.85. The average molecular weight is 340 g/mol. The van der Waals surface area contributed by atoms with Crippen molar-refractivity contribution in [1.82, 2.24) is 4.98 Å². The van der Waals surface area contributed by atoms with Gasteiger partial charge in [-0.05, 0) is 44.9 Å². The van der Waals surface area contributed by atoms with Gasteiger partial charge < -0.3 is 0 Å². The summed E-state index contributed by atoms with van der Waals surface area (Å²) < 4.78 is 53.1. The van der Waals surface area contributed by atoms with Gasteiger partial charge in [-0.25, -0.2) is 9.19 Å². The summed E-state index contributed by atoms with van der Waals surface area (Å²) in [5, 5.41) is 0. The summed E-state index contributed by atoms with van der Waals surface area (Å²) in [6, 6.07) is 2.52. The van der Waals surface area contributed by atoms with Crippen molar-refractivity contribution >= 4 is 30.7 Å². The molecule has 0 amide bonds. The van der Waals surface area contributed by atoms with Crippen molar-refractivity contribution in [3.63, 3.8) is 0 Å². The van der Waals surface area contributed by atoms with E-state index in [1.165, 1.54) is 6.07 Å². The second-order valence-electron chi connectivity index (χ2n) is 5.23. The Morgan fingerprint density at radius 2 is 1.86 bits per heavy atom. The SMILES string of the molecule is CCc1cc(C=N[S@@](=O)C(C)(C)C)nc(C(F)(F)F)c1.S. The molecule has 0 saturated carbocycles. The van der Waals surface area contributed by atoms with Gasteiger partial charge >= 0.3 is 6.18 Å². The van der Waals surface area contributed by atoms with E-state index in [-0.39, 0.29) is 19.2 Å². The van der Waals surface area contributed by atoms with Crippen molar-refractivity contribution in [2.75, 3.05) is 0 Å². The van der Waals surface area contributed by atoms with Gasteiger partial charge in [-0.1, -0.05) is 6.92 Å². The first kappa shape index (κ1) is 20.1. The predicted molar refractivity (Wildman–Crippen MR) is 84.5 cm³/mol. The summed E-state index contributed by atoms with van der Waals surface area (Å²) in [6.45, 7) is 6.95. The highest BCUT2D eigenvalue weighted by atomic mass is 32.2. The maximum Gasteiger partial charge on any atom is 0.433 e. The molecule has 0 aliphatic heterocycles. The number of halogens is 3. The van der Waals surface area contributed by atoms with Crippen molar-refractivity contribution in [3.05, 3.63) is 29.1 Å². The zero-order valence-electron chi connectivity index (χ0n) is 12.3. The molecule has 0 N–H and O–H groups in total. The molecule has 0 aliphatic rings. The predicted octanol–water partition coefficient (Wildman–Crippen LogP) is 3.66. The lowest BCUT2D eigenvalue weighted by Crippen LogP contribution is -2.19. The summed E-state index contributed by atoms with van der Waals surface area (Å²) >= 11 is 0. The van der Waals surface area contributed by atoms with Crippen LogP contribution in [0.1, 0.15) is 44.6 Å². The van der Waals surface area contributed by atoms with Gasteiger partial charge in [-0.3, -0.25) is 0 Å². The molecule has 0 unspecified atom stereocenters. The quantitative estimate of drug-likeness (QED) is 0.788. The normalized spacial score (nSPS) is 14.0. The first-order valence-electron chi connectivity index (χ1n) is 6.08. The number of rotatable bonds is 3. The zero-order valence-corrected chi connectivity index (χ0v) is 14.1. The summed E-state index contributed by atoms with van der Waals surface area (Å²) in [4.78, 5) is 3.50. The number of alkyl halides is 3. The molecule has 0 fully saturated rings. The van der Waals surface area contributed by atoms with Crippen LogP contribution in [0.25, 0.3) is 0 Å². The maximum atomic E-state index is 12.7. The van der Waals surface area contributed by atoms with Crippen molar-refractivity contribution in [2.24, 2.45) is 4.40 Å². The second kappa shape index (κ2) is 7.40. The van der Waals surface area contributed by atoms with Crippen LogP contribution in [0.2, 0.25) is 0 Å². The van der Waals surface area contributed by atoms with Crippen LogP contribution in [0.3, 0.4) is 0 Å². The lowest BCUT2D eigenvalue weighted by Gasteiger charge is -2.13. The average Bonchev–Trinajstić information content (AvgIpc) is 2.33. The zero-order chi connectivity index (χ0) is 15.6. The van der Waals surface area contributed by atoms with Crippen molar-refractivity contribution in [2.45, 2.75) is 45.0 Å². The number of hydrogen-bond donors (Lipinski definition) is 0. The number of pyridine rings is 1. The van der Waals surface area contributed by atoms with E-state index in [2.05, 4.69) is 9.38 Å². The van der Waals surface area contributed by atoms with E-state index < -0.39 is 27.6 Å². The summed E-state index contributed by atoms with van der Waals surface area (Å²) in [7, 11) is -1.53. The topological polar surface area (TPSA) is 42.3 Å². The summed E-state index contributed by atoms with van der Waals surface area (Å²) in [5.41, 5.74) is -0.385. The van der Waals surface area contributed by atoms with E-state index in [0.29, 0.717) is 12.0 Å². The monoisotopic (exact) mass is 340 g/mol. The van der Waals surface area contributed by atoms with Gasteiger partial charge in [0.15, 0.2) is 0 Å². The van der Waals surface area contributed by atoms with E-state index in [1.807, 2.05) is 0 Å². The molecule has 0 bridgehead atoms. The third kappa shape index (κ3) is 6.17. The fourth-order valence-corrected chi connectivity index (χ4v) is 1.81. The Morgan fingerprint density at radius 1 is 1.29 bits per heavy atom. The van der Waals surface area contributed by atoms with Crippen LogP contribution >= 0.6 is 13.5 Å². The first-order chi connectivity index (χ1) is 9.04. The standard InChI is InChI=1S/C13H17F3N2OS.H2S/c1-5-9-6-10(8-17-20(19)12(2,3)4)18-11(7-9)13(14,15)16;/h6-8H,5H2,1-4H3;1H2/t20-;/m0./s1. The third-order valence-electron chi connectivity index (χ3n) is 2.41. The molecule has 21 heavy (non-hydrogen) atoms. The molecule has 1 heterocycles. The summed E-state index contributed by atoms with van der Waals surface area (Å²) in [6.07, 6.45) is -2.92. The number of aromatic nitrogens is 1. The molecule has 1 atom stereocenters. The Balaban J connectivity index is 0.00000400. The van der Waals surface area contributed by atoms with Crippen molar-refractivity contribution in [1.29, 1.82) is 0 Å². The minimum absolute atomic E-state index is 0. The highest BCUT2D eigenvalue weighted by Gasteiger charge is 2.33.